The first-order valence-corrected chi connectivity index (χ1v) is 9.79. The molecule has 0 saturated carbocycles. The number of amides is 1. The minimum absolute atomic E-state index is 0.0105. The van der Waals surface area contributed by atoms with Crippen LogP contribution in [0.5, 0.6) is 11.5 Å². The molecular formula is C21H25N2O3+. The van der Waals surface area contributed by atoms with E-state index in [0.717, 1.165) is 60.9 Å². The van der Waals surface area contributed by atoms with Crippen molar-refractivity contribution in [3.63, 3.8) is 0 Å². The van der Waals surface area contributed by atoms with Gasteiger partial charge in [0.2, 0.25) is 0 Å². The number of fused-ring (bicyclic) bond motifs is 5. The van der Waals surface area contributed by atoms with Crippen molar-refractivity contribution in [3.05, 3.63) is 35.9 Å². The fourth-order valence-corrected chi connectivity index (χ4v) is 5.21. The lowest BCUT2D eigenvalue weighted by molar-refractivity contribution is -0.967. The minimum Gasteiger partial charge on any atom is -0.507 e. The summed E-state index contributed by atoms with van der Waals surface area (Å²) in [4.78, 5) is 14.5. The lowest BCUT2D eigenvalue weighted by Gasteiger charge is -2.39. The summed E-state index contributed by atoms with van der Waals surface area (Å²) < 4.78 is 6.64. The topological polar surface area (TPSA) is 63.0 Å². The second-order valence-electron chi connectivity index (χ2n) is 7.81. The van der Waals surface area contributed by atoms with Gasteiger partial charge in [-0.3, -0.25) is 9.69 Å². The molecule has 0 aromatic heterocycles. The van der Waals surface area contributed by atoms with Gasteiger partial charge in [-0.15, -0.1) is 0 Å². The molecule has 1 amide bonds. The lowest BCUT2D eigenvalue weighted by atomic mass is 9.84. The zero-order valence-corrected chi connectivity index (χ0v) is 14.9. The minimum atomic E-state index is -0.893. The summed E-state index contributed by atoms with van der Waals surface area (Å²) in [7, 11) is 0. The molecule has 3 N–H and O–H groups in total. The van der Waals surface area contributed by atoms with Crippen molar-refractivity contribution in [3.8, 4) is 11.5 Å². The van der Waals surface area contributed by atoms with E-state index in [9.17, 15) is 9.90 Å². The van der Waals surface area contributed by atoms with Crippen molar-refractivity contribution < 1.29 is 19.5 Å². The third kappa shape index (κ3) is 2.10. The Morgan fingerprint density at radius 1 is 1.12 bits per heavy atom. The zero-order chi connectivity index (χ0) is 17.7. The molecule has 2 saturated heterocycles. The molecule has 0 spiro atoms. The summed E-state index contributed by atoms with van der Waals surface area (Å²) in [6, 6.07) is 9.60. The molecule has 0 unspecified atom stereocenters. The lowest BCUT2D eigenvalue weighted by Crippen LogP contribution is -3.23. The molecule has 3 heterocycles. The first-order valence-electron chi connectivity index (χ1n) is 9.79. The Labute approximate surface area is 152 Å². The van der Waals surface area contributed by atoms with Crippen LogP contribution in [0.15, 0.2) is 30.3 Å². The molecule has 5 heteroatoms. The number of benzene rings is 2. The molecule has 0 aliphatic carbocycles. The van der Waals surface area contributed by atoms with E-state index in [2.05, 4.69) is 5.32 Å². The molecule has 3 aliphatic rings. The third-order valence-electron chi connectivity index (χ3n) is 6.41. The van der Waals surface area contributed by atoms with Crippen molar-refractivity contribution in [2.45, 2.75) is 43.7 Å². The highest BCUT2D eigenvalue weighted by Gasteiger charge is 2.63. The highest BCUT2D eigenvalue weighted by Crippen LogP contribution is 2.51. The fourth-order valence-electron chi connectivity index (χ4n) is 5.21. The van der Waals surface area contributed by atoms with E-state index in [1.807, 2.05) is 30.3 Å². The molecule has 0 radical (unpaired) electrons. The van der Waals surface area contributed by atoms with Crippen LogP contribution in [0.4, 0.5) is 0 Å². The maximum Gasteiger partial charge on any atom is 0.328 e. The molecule has 2 aromatic rings. The smallest absolute Gasteiger partial charge is 0.328 e. The molecule has 0 bridgehead atoms. The van der Waals surface area contributed by atoms with Gasteiger partial charge in [-0.05, 0) is 38.2 Å². The van der Waals surface area contributed by atoms with Gasteiger partial charge >= 0.3 is 11.6 Å². The van der Waals surface area contributed by atoms with Gasteiger partial charge in [0.25, 0.3) is 0 Å². The number of nitrogens with one attached hydrogen (secondary N) is 2. The van der Waals surface area contributed by atoms with Crippen molar-refractivity contribution in [2.24, 2.45) is 0 Å². The van der Waals surface area contributed by atoms with Crippen molar-refractivity contribution in [2.75, 3.05) is 19.6 Å². The highest BCUT2D eigenvalue weighted by molar-refractivity contribution is 5.97. The number of hydrogen-bond donors (Lipinski definition) is 3. The predicted octanol–water partition coefficient (Wildman–Crippen LogP) is 1.70. The number of ether oxygens (including phenoxy) is 1. The molecule has 2 atom stereocenters. The summed E-state index contributed by atoms with van der Waals surface area (Å²) in [5.74, 6) is 1.07. The quantitative estimate of drug-likeness (QED) is 0.731. The molecule has 3 aliphatic heterocycles. The fraction of sp³-hybridized carbons (Fsp3) is 0.476. The second kappa shape index (κ2) is 5.88. The van der Waals surface area contributed by atoms with Crippen LogP contribution >= 0.6 is 0 Å². The Kier molecular flexibility index (Phi) is 3.60. The van der Waals surface area contributed by atoms with Gasteiger partial charge in [0.15, 0.2) is 0 Å². The van der Waals surface area contributed by atoms with E-state index in [-0.39, 0.29) is 17.6 Å². The van der Waals surface area contributed by atoms with Gasteiger partial charge in [0, 0.05) is 22.9 Å². The number of carbonyl (C=O) groups excluding carboxylic acids is 1. The third-order valence-corrected chi connectivity index (χ3v) is 6.41. The second-order valence-corrected chi connectivity index (χ2v) is 7.81. The molecule has 136 valence electrons. The van der Waals surface area contributed by atoms with E-state index < -0.39 is 5.72 Å². The van der Waals surface area contributed by atoms with E-state index in [0.29, 0.717) is 6.54 Å². The van der Waals surface area contributed by atoms with Crippen LogP contribution in [0.2, 0.25) is 0 Å². The average molecular weight is 353 g/mol. The SMILES string of the molecule is O=C1NCCC[C@@H]2c3cc(O)c4ccccc4c3O[C@@]12[NH+]1CCCCC1. The maximum atomic E-state index is 13.3. The van der Waals surface area contributed by atoms with Crippen molar-refractivity contribution in [1.29, 1.82) is 0 Å². The maximum absolute atomic E-state index is 13.3. The van der Waals surface area contributed by atoms with Gasteiger partial charge in [-0.1, -0.05) is 24.3 Å². The average Bonchev–Trinajstić information content (AvgIpc) is 2.92. The molecular weight excluding hydrogens is 328 g/mol. The summed E-state index contributed by atoms with van der Waals surface area (Å²) in [5, 5.41) is 15.4. The number of hydrogen-bond acceptors (Lipinski definition) is 3. The van der Waals surface area contributed by atoms with Crippen LogP contribution < -0.4 is 15.0 Å². The number of likely N-dealkylation sites (tertiary alicyclic amines) is 1. The van der Waals surface area contributed by atoms with Crippen LogP contribution in [-0.4, -0.2) is 36.4 Å². The van der Waals surface area contributed by atoms with E-state index in [4.69, 9.17) is 4.74 Å². The Hall–Kier alpha value is -2.27. The first-order chi connectivity index (χ1) is 12.7. The van der Waals surface area contributed by atoms with Gasteiger partial charge in [-0.2, -0.15) is 0 Å². The Morgan fingerprint density at radius 2 is 1.88 bits per heavy atom. The molecule has 26 heavy (non-hydrogen) atoms. The Bertz CT molecular complexity index is 875. The molecule has 5 nitrogen and oxygen atoms in total. The van der Waals surface area contributed by atoms with E-state index >= 15 is 0 Å². The predicted molar refractivity (Wildman–Crippen MR) is 98.5 cm³/mol. The van der Waals surface area contributed by atoms with Crippen LogP contribution in [0.25, 0.3) is 10.8 Å². The van der Waals surface area contributed by atoms with Crippen molar-refractivity contribution in [1.82, 2.24) is 5.32 Å². The largest absolute Gasteiger partial charge is 0.507 e. The Morgan fingerprint density at radius 3 is 2.69 bits per heavy atom. The number of carbonyl (C=O) groups is 1. The van der Waals surface area contributed by atoms with Gasteiger partial charge in [0.1, 0.15) is 11.5 Å². The number of rotatable bonds is 1. The standard InChI is InChI=1S/C21H24N2O3/c24-18-13-16-17-9-6-10-22-20(25)21(17,23-11-4-1-5-12-23)26-19(16)15-8-3-2-7-14(15)18/h2-3,7-8,13,17,24H,1,4-6,9-12H2,(H,22,25)/p+1/t17-,21-/m1/s1. The van der Waals surface area contributed by atoms with Gasteiger partial charge in [0.05, 0.1) is 19.0 Å². The van der Waals surface area contributed by atoms with E-state index in [1.165, 1.54) is 11.3 Å². The summed E-state index contributed by atoms with van der Waals surface area (Å²) in [5.41, 5.74) is 0.104. The number of piperidine rings is 1. The van der Waals surface area contributed by atoms with E-state index in [1.54, 1.807) is 0 Å². The number of phenols is 1. The molecule has 2 aromatic carbocycles. The summed E-state index contributed by atoms with van der Waals surface area (Å²) >= 11 is 0. The van der Waals surface area contributed by atoms with Crippen LogP contribution in [0, 0.1) is 0 Å². The zero-order valence-electron chi connectivity index (χ0n) is 14.9. The van der Waals surface area contributed by atoms with Crippen LogP contribution in [0.3, 0.4) is 0 Å². The van der Waals surface area contributed by atoms with Gasteiger partial charge < -0.3 is 15.2 Å². The van der Waals surface area contributed by atoms with Gasteiger partial charge in [-0.25, -0.2) is 0 Å². The molecule has 5 rings (SSSR count). The highest BCUT2D eigenvalue weighted by atomic mass is 16.5. The van der Waals surface area contributed by atoms with Crippen LogP contribution in [0.1, 0.15) is 43.6 Å². The van der Waals surface area contributed by atoms with Crippen molar-refractivity contribution >= 4 is 16.7 Å². The number of aromatic hydroxyl groups is 1. The normalized spacial score (nSPS) is 28.8. The first kappa shape index (κ1) is 15.9. The number of phenolic OH excluding ortho intramolecular Hbond substituents is 1. The molecule has 2 fully saturated rings. The summed E-state index contributed by atoms with van der Waals surface area (Å²) in [6.45, 7) is 2.62. The Balaban J connectivity index is 1.73. The summed E-state index contributed by atoms with van der Waals surface area (Å²) in [6.07, 6.45) is 5.31. The number of quaternary nitrogens is 1. The van der Waals surface area contributed by atoms with Crippen LogP contribution in [-0.2, 0) is 4.79 Å². The monoisotopic (exact) mass is 353 g/mol.